The van der Waals surface area contributed by atoms with Crippen molar-refractivity contribution in [2.45, 2.75) is 129 Å². The van der Waals surface area contributed by atoms with Crippen molar-refractivity contribution in [3.8, 4) is 0 Å². The van der Waals surface area contributed by atoms with Gasteiger partial charge in [-0.3, -0.25) is 0 Å². The van der Waals surface area contributed by atoms with Crippen LogP contribution >= 0.6 is 0 Å². The predicted molar refractivity (Wildman–Crippen MR) is 104 cm³/mol. The lowest BCUT2D eigenvalue weighted by Gasteiger charge is -2.46. The highest BCUT2D eigenvalue weighted by atomic mass is 14.4. The SMILES string of the molecule is CC(C)C1(C2CCCCCCCCC2)CCCCCCCCC1. The Morgan fingerprint density at radius 3 is 1.26 bits per heavy atom. The molecule has 0 N–H and O–H groups in total. The van der Waals surface area contributed by atoms with Gasteiger partial charge in [0.2, 0.25) is 0 Å². The molecule has 2 aliphatic carbocycles. The molecule has 0 nitrogen and oxygen atoms in total. The standard InChI is InChI=1S/C23H44/c1-21(2)23(19-15-11-7-4-8-12-16-20-23)22-17-13-9-5-3-6-10-14-18-22/h21-22H,3-20H2,1-2H3. The number of hydrogen-bond acceptors (Lipinski definition) is 0. The van der Waals surface area contributed by atoms with Crippen molar-refractivity contribution in [2.24, 2.45) is 17.3 Å². The Balaban J connectivity index is 2.08. The molecule has 2 aliphatic rings. The lowest BCUT2D eigenvalue weighted by Crippen LogP contribution is -2.36. The molecule has 0 saturated heterocycles. The Hall–Kier alpha value is 0. The fourth-order valence-corrected chi connectivity index (χ4v) is 5.76. The Morgan fingerprint density at radius 2 is 0.870 bits per heavy atom. The van der Waals surface area contributed by atoms with E-state index in [4.69, 9.17) is 0 Å². The van der Waals surface area contributed by atoms with E-state index in [-0.39, 0.29) is 0 Å². The molecule has 2 rings (SSSR count). The summed E-state index contributed by atoms with van der Waals surface area (Å²) in [6.07, 6.45) is 27.2. The molecule has 2 saturated carbocycles. The molecule has 0 heteroatoms. The molecule has 0 atom stereocenters. The fraction of sp³-hybridized carbons (Fsp3) is 1.00. The summed E-state index contributed by atoms with van der Waals surface area (Å²) >= 11 is 0. The van der Waals surface area contributed by atoms with Gasteiger partial charge in [0.15, 0.2) is 0 Å². The van der Waals surface area contributed by atoms with Gasteiger partial charge in [-0.2, -0.15) is 0 Å². The quantitative estimate of drug-likeness (QED) is 0.480. The highest BCUT2D eigenvalue weighted by Gasteiger charge is 2.39. The van der Waals surface area contributed by atoms with E-state index in [9.17, 15) is 0 Å². The number of rotatable bonds is 2. The van der Waals surface area contributed by atoms with Crippen LogP contribution in [-0.4, -0.2) is 0 Å². The predicted octanol–water partition coefficient (Wildman–Crippen LogP) is 8.29. The molecule has 0 radical (unpaired) electrons. The summed E-state index contributed by atoms with van der Waals surface area (Å²) in [6.45, 7) is 5.12. The fourth-order valence-electron chi connectivity index (χ4n) is 5.76. The maximum atomic E-state index is 2.56. The third-order valence-electron chi connectivity index (χ3n) is 7.35. The molecule has 23 heavy (non-hydrogen) atoms. The van der Waals surface area contributed by atoms with Crippen LogP contribution in [0.2, 0.25) is 0 Å². The van der Waals surface area contributed by atoms with Crippen molar-refractivity contribution in [1.29, 1.82) is 0 Å². The van der Waals surface area contributed by atoms with Crippen LogP contribution in [0.15, 0.2) is 0 Å². The van der Waals surface area contributed by atoms with Gasteiger partial charge >= 0.3 is 0 Å². The summed E-state index contributed by atoms with van der Waals surface area (Å²) in [6, 6.07) is 0. The van der Waals surface area contributed by atoms with E-state index in [0.717, 1.165) is 11.8 Å². The first kappa shape index (κ1) is 19.3. The molecule has 136 valence electrons. The van der Waals surface area contributed by atoms with Gasteiger partial charge in [0.1, 0.15) is 0 Å². The summed E-state index contributed by atoms with van der Waals surface area (Å²) in [5, 5.41) is 0. The Labute approximate surface area is 147 Å². The monoisotopic (exact) mass is 320 g/mol. The van der Waals surface area contributed by atoms with Crippen molar-refractivity contribution in [1.82, 2.24) is 0 Å². The Kier molecular flexibility index (Phi) is 9.06. The van der Waals surface area contributed by atoms with Crippen molar-refractivity contribution < 1.29 is 0 Å². The number of hydrogen-bond donors (Lipinski definition) is 0. The van der Waals surface area contributed by atoms with E-state index in [2.05, 4.69) is 13.8 Å². The zero-order valence-electron chi connectivity index (χ0n) is 16.4. The second kappa shape index (κ2) is 10.8. The molecule has 0 unspecified atom stereocenters. The minimum absolute atomic E-state index is 0.677. The Bertz CT molecular complexity index is 270. The van der Waals surface area contributed by atoms with Gasteiger partial charge in [-0.1, -0.05) is 104 Å². The minimum atomic E-state index is 0.677. The molecule has 2 fully saturated rings. The molecule has 0 spiro atoms. The zero-order chi connectivity index (χ0) is 16.4. The smallest absolute Gasteiger partial charge is 0.0246 e. The summed E-state index contributed by atoms with van der Waals surface area (Å²) in [7, 11) is 0. The molecule has 0 heterocycles. The molecule has 0 aromatic rings. The first-order valence-electron chi connectivity index (χ1n) is 11.3. The topological polar surface area (TPSA) is 0 Å². The first-order valence-corrected chi connectivity index (χ1v) is 11.3. The van der Waals surface area contributed by atoms with Crippen LogP contribution < -0.4 is 0 Å². The van der Waals surface area contributed by atoms with E-state index in [1.807, 2.05) is 0 Å². The molecule has 0 bridgehead atoms. The van der Waals surface area contributed by atoms with Crippen LogP contribution in [0, 0.1) is 17.3 Å². The van der Waals surface area contributed by atoms with Crippen LogP contribution in [0.4, 0.5) is 0 Å². The van der Waals surface area contributed by atoms with Gasteiger partial charge in [-0.05, 0) is 42.9 Å². The lowest BCUT2D eigenvalue weighted by molar-refractivity contribution is 0.0408. The van der Waals surface area contributed by atoms with E-state index in [0.29, 0.717) is 5.41 Å². The van der Waals surface area contributed by atoms with Gasteiger partial charge < -0.3 is 0 Å². The van der Waals surface area contributed by atoms with Crippen LogP contribution in [0.5, 0.6) is 0 Å². The van der Waals surface area contributed by atoms with Gasteiger partial charge in [-0.25, -0.2) is 0 Å². The van der Waals surface area contributed by atoms with Gasteiger partial charge in [0, 0.05) is 0 Å². The van der Waals surface area contributed by atoms with Crippen LogP contribution in [0.3, 0.4) is 0 Å². The molecule has 0 aliphatic heterocycles. The van der Waals surface area contributed by atoms with Crippen molar-refractivity contribution in [2.75, 3.05) is 0 Å². The van der Waals surface area contributed by atoms with E-state index < -0.39 is 0 Å². The normalized spacial score (nSPS) is 26.7. The molecular formula is C23H44. The summed E-state index contributed by atoms with van der Waals surface area (Å²) < 4.78 is 0. The second-order valence-electron chi connectivity index (χ2n) is 9.11. The zero-order valence-corrected chi connectivity index (χ0v) is 16.4. The molecule has 0 aromatic carbocycles. The van der Waals surface area contributed by atoms with Crippen molar-refractivity contribution in [3.05, 3.63) is 0 Å². The molecule has 0 amide bonds. The van der Waals surface area contributed by atoms with Gasteiger partial charge in [-0.15, -0.1) is 0 Å². The van der Waals surface area contributed by atoms with Crippen molar-refractivity contribution >= 4 is 0 Å². The average Bonchev–Trinajstić information content (AvgIpc) is 2.57. The largest absolute Gasteiger partial charge is 0.0622 e. The first-order chi connectivity index (χ1) is 11.3. The molecule has 0 aromatic heterocycles. The minimum Gasteiger partial charge on any atom is -0.0622 e. The summed E-state index contributed by atoms with van der Waals surface area (Å²) in [5.41, 5.74) is 0.677. The maximum Gasteiger partial charge on any atom is -0.0246 e. The van der Waals surface area contributed by atoms with Crippen LogP contribution in [-0.2, 0) is 0 Å². The van der Waals surface area contributed by atoms with E-state index in [1.165, 1.54) is 116 Å². The maximum absolute atomic E-state index is 2.56. The van der Waals surface area contributed by atoms with E-state index >= 15 is 0 Å². The summed E-state index contributed by atoms with van der Waals surface area (Å²) in [5.74, 6) is 1.91. The van der Waals surface area contributed by atoms with Gasteiger partial charge in [0.25, 0.3) is 0 Å². The van der Waals surface area contributed by atoms with Gasteiger partial charge in [0.05, 0.1) is 0 Å². The lowest BCUT2D eigenvalue weighted by atomic mass is 9.59. The van der Waals surface area contributed by atoms with Crippen LogP contribution in [0.1, 0.15) is 129 Å². The van der Waals surface area contributed by atoms with Crippen LogP contribution in [0.25, 0.3) is 0 Å². The Morgan fingerprint density at radius 1 is 0.522 bits per heavy atom. The highest BCUT2D eigenvalue weighted by molar-refractivity contribution is 4.90. The summed E-state index contributed by atoms with van der Waals surface area (Å²) in [4.78, 5) is 0. The highest BCUT2D eigenvalue weighted by Crippen LogP contribution is 2.50. The van der Waals surface area contributed by atoms with Crippen molar-refractivity contribution in [3.63, 3.8) is 0 Å². The third kappa shape index (κ3) is 6.09. The average molecular weight is 321 g/mol. The third-order valence-corrected chi connectivity index (χ3v) is 7.35. The second-order valence-corrected chi connectivity index (χ2v) is 9.11. The molecular weight excluding hydrogens is 276 g/mol. The van der Waals surface area contributed by atoms with E-state index in [1.54, 1.807) is 0 Å².